The van der Waals surface area contributed by atoms with Gasteiger partial charge in [0.1, 0.15) is 6.04 Å². The molecule has 3 heterocycles. The highest BCUT2D eigenvalue weighted by Crippen LogP contribution is 2.27. The third-order valence-corrected chi connectivity index (χ3v) is 4.21. The average Bonchev–Trinajstić information content (AvgIpc) is 2.84. The standard InChI is InChI=1S/C11H13NO2S/c13-11-9(2-5-14-11)12-4-1-10-8(7-12)3-6-15-10/h3,6,9H,1-2,4-5,7H2/t9-/m0/s1. The van der Waals surface area contributed by atoms with Crippen molar-refractivity contribution in [2.45, 2.75) is 25.4 Å². The number of cyclic esters (lactones) is 1. The zero-order chi connectivity index (χ0) is 10.3. The summed E-state index contributed by atoms with van der Waals surface area (Å²) in [7, 11) is 0. The lowest BCUT2D eigenvalue weighted by molar-refractivity contribution is -0.142. The molecule has 3 rings (SSSR count). The van der Waals surface area contributed by atoms with Gasteiger partial charge in [0.15, 0.2) is 0 Å². The second-order valence-electron chi connectivity index (χ2n) is 4.06. The summed E-state index contributed by atoms with van der Waals surface area (Å²) in [6.45, 7) is 2.50. The van der Waals surface area contributed by atoms with Gasteiger partial charge < -0.3 is 4.74 Å². The molecule has 0 aliphatic carbocycles. The maximum absolute atomic E-state index is 11.5. The molecule has 80 valence electrons. The van der Waals surface area contributed by atoms with Crippen molar-refractivity contribution in [3.63, 3.8) is 0 Å². The van der Waals surface area contributed by atoms with Gasteiger partial charge in [-0.15, -0.1) is 11.3 Å². The van der Waals surface area contributed by atoms with Crippen molar-refractivity contribution in [3.8, 4) is 0 Å². The van der Waals surface area contributed by atoms with Gasteiger partial charge in [0.2, 0.25) is 0 Å². The van der Waals surface area contributed by atoms with Gasteiger partial charge in [-0.3, -0.25) is 9.69 Å². The average molecular weight is 223 g/mol. The number of carbonyl (C=O) groups is 1. The number of fused-ring (bicyclic) bond motifs is 1. The van der Waals surface area contributed by atoms with Gasteiger partial charge in [0.25, 0.3) is 0 Å². The maximum Gasteiger partial charge on any atom is 0.323 e. The first kappa shape index (κ1) is 9.36. The van der Waals surface area contributed by atoms with E-state index >= 15 is 0 Å². The molecular formula is C11H13NO2S. The molecule has 1 aromatic heterocycles. The molecule has 4 heteroatoms. The van der Waals surface area contributed by atoms with Crippen LogP contribution in [0.15, 0.2) is 11.4 Å². The minimum absolute atomic E-state index is 0.0121. The van der Waals surface area contributed by atoms with Crippen LogP contribution in [-0.4, -0.2) is 30.1 Å². The van der Waals surface area contributed by atoms with Gasteiger partial charge in [-0.05, 0) is 23.4 Å². The number of rotatable bonds is 1. The van der Waals surface area contributed by atoms with Gasteiger partial charge in [0, 0.05) is 24.4 Å². The molecular weight excluding hydrogens is 210 g/mol. The zero-order valence-corrected chi connectivity index (χ0v) is 9.26. The second kappa shape index (κ2) is 3.61. The van der Waals surface area contributed by atoms with E-state index in [4.69, 9.17) is 4.74 Å². The largest absolute Gasteiger partial charge is 0.464 e. The minimum atomic E-state index is -0.0336. The van der Waals surface area contributed by atoms with E-state index in [0.717, 1.165) is 25.9 Å². The van der Waals surface area contributed by atoms with E-state index in [2.05, 4.69) is 16.3 Å². The Bertz CT molecular complexity index is 388. The Hall–Kier alpha value is -0.870. The Morgan fingerprint density at radius 1 is 1.53 bits per heavy atom. The fraction of sp³-hybridized carbons (Fsp3) is 0.545. The van der Waals surface area contributed by atoms with E-state index in [1.54, 1.807) is 0 Å². The minimum Gasteiger partial charge on any atom is -0.464 e. The molecule has 2 aliphatic rings. The second-order valence-corrected chi connectivity index (χ2v) is 5.06. The van der Waals surface area contributed by atoms with Gasteiger partial charge in [-0.25, -0.2) is 0 Å². The highest BCUT2D eigenvalue weighted by molar-refractivity contribution is 7.10. The van der Waals surface area contributed by atoms with Crippen molar-refractivity contribution in [2.75, 3.05) is 13.2 Å². The van der Waals surface area contributed by atoms with Crippen LogP contribution in [0.1, 0.15) is 16.9 Å². The van der Waals surface area contributed by atoms with E-state index in [-0.39, 0.29) is 12.0 Å². The Kier molecular flexibility index (Phi) is 2.25. The summed E-state index contributed by atoms with van der Waals surface area (Å²) in [5.74, 6) is -0.0336. The molecule has 0 saturated carbocycles. The van der Waals surface area contributed by atoms with Crippen molar-refractivity contribution in [1.29, 1.82) is 0 Å². The van der Waals surface area contributed by atoms with Crippen LogP contribution in [0, 0.1) is 0 Å². The predicted molar refractivity (Wildman–Crippen MR) is 57.8 cm³/mol. The third kappa shape index (κ3) is 1.58. The van der Waals surface area contributed by atoms with Gasteiger partial charge in [0.05, 0.1) is 6.61 Å². The van der Waals surface area contributed by atoms with Gasteiger partial charge in [-0.2, -0.15) is 0 Å². The topological polar surface area (TPSA) is 29.5 Å². The van der Waals surface area contributed by atoms with Crippen molar-refractivity contribution in [2.24, 2.45) is 0 Å². The van der Waals surface area contributed by atoms with E-state index in [1.165, 1.54) is 10.4 Å². The highest BCUT2D eigenvalue weighted by Gasteiger charge is 2.34. The summed E-state index contributed by atoms with van der Waals surface area (Å²) >= 11 is 1.83. The lowest BCUT2D eigenvalue weighted by atomic mass is 10.1. The van der Waals surface area contributed by atoms with Crippen LogP contribution in [0.25, 0.3) is 0 Å². The molecule has 1 saturated heterocycles. The Labute approximate surface area is 92.6 Å². The predicted octanol–water partition coefficient (Wildman–Crippen LogP) is 1.42. The van der Waals surface area contributed by atoms with Crippen molar-refractivity contribution >= 4 is 17.3 Å². The normalized spacial score (nSPS) is 26.4. The van der Waals surface area contributed by atoms with Crippen LogP contribution >= 0.6 is 11.3 Å². The quantitative estimate of drug-likeness (QED) is 0.674. The maximum atomic E-state index is 11.5. The molecule has 0 aromatic carbocycles. The smallest absolute Gasteiger partial charge is 0.323 e. The number of nitrogens with zero attached hydrogens (tertiary/aromatic N) is 1. The third-order valence-electron chi connectivity index (χ3n) is 3.19. The number of ether oxygens (including phenoxy) is 1. The Balaban J connectivity index is 1.78. The highest BCUT2D eigenvalue weighted by atomic mass is 32.1. The van der Waals surface area contributed by atoms with Crippen molar-refractivity contribution in [1.82, 2.24) is 4.90 Å². The lowest BCUT2D eigenvalue weighted by Gasteiger charge is -2.29. The number of carbonyl (C=O) groups excluding carboxylic acids is 1. The number of thiophene rings is 1. The van der Waals surface area contributed by atoms with E-state index in [9.17, 15) is 4.79 Å². The van der Waals surface area contributed by atoms with Crippen molar-refractivity contribution in [3.05, 3.63) is 21.9 Å². The van der Waals surface area contributed by atoms with E-state index < -0.39 is 0 Å². The molecule has 0 unspecified atom stereocenters. The summed E-state index contributed by atoms with van der Waals surface area (Å²) in [6.07, 6.45) is 1.94. The monoisotopic (exact) mass is 223 g/mol. The SMILES string of the molecule is O=C1OCC[C@@H]1N1CCc2sccc2C1. The lowest BCUT2D eigenvalue weighted by Crippen LogP contribution is -2.41. The molecule has 15 heavy (non-hydrogen) atoms. The molecule has 1 aromatic rings. The molecule has 1 atom stereocenters. The molecule has 0 amide bonds. The number of hydrogen-bond acceptors (Lipinski definition) is 4. The summed E-state index contributed by atoms with van der Waals surface area (Å²) in [6, 6.07) is 2.19. The summed E-state index contributed by atoms with van der Waals surface area (Å²) in [5, 5.41) is 2.14. The molecule has 0 bridgehead atoms. The fourth-order valence-corrected chi connectivity index (χ4v) is 3.24. The molecule has 3 nitrogen and oxygen atoms in total. The molecule has 0 spiro atoms. The van der Waals surface area contributed by atoms with E-state index in [1.807, 2.05) is 11.3 Å². The summed E-state index contributed by atoms with van der Waals surface area (Å²) in [5.41, 5.74) is 1.39. The van der Waals surface area contributed by atoms with Crippen LogP contribution in [-0.2, 0) is 22.5 Å². The summed E-state index contributed by atoms with van der Waals surface area (Å²) < 4.78 is 5.01. The van der Waals surface area contributed by atoms with Crippen molar-refractivity contribution < 1.29 is 9.53 Å². The first-order valence-corrected chi connectivity index (χ1v) is 6.18. The molecule has 1 fully saturated rings. The van der Waals surface area contributed by atoms with Crippen LogP contribution in [0.4, 0.5) is 0 Å². The van der Waals surface area contributed by atoms with Crippen LogP contribution in [0.3, 0.4) is 0 Å². The first-order valence-electron chi connectivity index (χ1n) is 5.30. The van der Waals surface area contributed by atoms with E-state index in [0.29, 0.717) is 6.61 Å². The van der Waals surface area contributed by atoms with Crippen LogP contribution < -0.4 is 0 Å². The molecule has 2 aliphatic heterocycles. The number of esters is 1. The van der Waals surface area contributed by atoms with Crippen LogP contribution in [0.2, 0.25) is 0 Å². The van der Waals surface area contributed by atoms with Gasteiger partial charge >= 0.3 is 5.97 Å². The van der Waals surface area contributed by atoms with Crippen LogP contribution in [0.5, 0.6) is 0 Å². The number of hydrogen-bond donors (Lipinski definition) is 0. The first-order chi connectivity index (χ1) is 7.34. The fourth-order valence-electron chi connectivity index (χ4n) is 2.35. The summed E-state index contributed by atoms with van der Waals surface area (Å²) in [4.78, 5) is 15.2. The Morgan fingerprint density at radius 2 is 2.47 bits per heavy atom. The molecule has 0 radical (unpaired) electrons. The zero-order valence-electron chi connectivity index (χ0n) is 8.44. The molecule has 0 N–H and O–H groups in total. The van der Waals surface area contributed by atoms with Gasteiger partial charge in [-0.1, -0.05) is 0 Å². The Morgan fingerprint density at radius 3 is 3.27 bits per heavy atom.